The van der Waals surface area contributed by atoms with Crippen LogP contribution in [0, 0.1) is 13.8 Å². The number of rotatable bonds is 2. The second kappa shape index (κ2) is 5.72. The third kappa shape index (κ3) is 2.85. The minimum atomic E-state index is 0.168. The molecule has 0 bridgehead atoms. The number of anilines is 1. The second-order valence-electron chi connectivity index (χ2n) is 5.42. The molecule has 0 saturated carbocycles. The number of nitrogens with one attached hydrogen (secondary N) is 1. The van der Waals surface area contributed by atoms with Gasteiger partial charge in [0.1, 0.15) is 0 Å². The predicted molar refractivity (Wildman–Crippen MR) is 76.2 cm³/mol. The maximum atomic E-state index is 9.45. The SMILES string of the molecule is Cc1cccc(C)c1N1CCC(C)NC(CO)C1. The number of aliphatic hydroxyl groups excluding tert-OH is 1. The van der Waals surface area contributed by atoms with Gasteiger partial charge in [0.25, 0.3) is 0 Å². The molecule has 0 aliphatic carbocycles. The van der Waals surface area contributed by atoms with Crippen LogP contribution < -0.4 is 10.2 Å². The first-order valence-corrected chi connectivity index (χ1v) is 6.80. The Morgan fingerprint density at radius 2 is 2.00 bits per heavy atom. The lowest BCUT2D eigenvalue weighted by Gasteiger charge is -2.28. The van der Waals surface area contributed by atoms with Crippen LogP contribution in [0.25, 0.3) is 0 Å². The molecule has 0 amide bonds. The van der Waals surface area contributed by atoms with E-state index in [2.05, 4.69) is 49.2 Å². The largest absolute Gasteiger partial charge is 0.395 e. The molecule has 3 heteroatoms. The normalized spacial score (nSPS) is 25.0. The highest BCUT2D eigenvalue weighted by atomic mass is 16.3. The molecule has 100 valence electrons. The molecular weight excluding hydrogens is 224 g/mol. The molecule has 1 fully saturated rings. The molecule has 2 N–H and O–H groups in total. The summed E-state index contributed by atoms with van der Waals surface area (Å²) < 4.78 is 0. The Morgan fingerprint density at radius 3 is 2.61 bits per heavy atom. The fourth-order valence-corrected chi connectivity index (χ4v) is 2.86. The van der Waals surface area contributed by atoms with E-state index in [4.69, 9.17) is 0 Å². The van der Waals surface area contributed by atoms with Crippen LogP contribution in [0.15, 0.2) is 18.2 Å². The summed E-state index contributed by atoms with van der Waals surface area (Å²) in [4.78, 5) is 2.42. The van der Waals surface area contributed by atoms with Crippen LogP contribution in [-0.4, -0.2) is 36.9 Å². The summed E-state index contributed by atoms with van der Waals surface area (Å²) in [6.07, 6.45) is 1.12. The third-order valence-corrected chi connectivity index (χ3v) is 3.77. The van der Waals surface area contributed by atoms with Crippen molar-refractivity contribution in [3.05, 3.63) is 29.3 Å². The molecule has 2 unspecified atom stereocenters. The van der Waals surface area contributed by atoms with Crippen LogP contribution >= 0.6 is 0 Å². The van der Waals surface area contributed by atoms with Crippen molar-refractivity contribution >= 4 is 5.69 Å². The summed E-state index contributed by atoms with van der Waals surface area (Å²) in [7, 11) is 0. The van der Waals surface area contributed by atoms with Gasteiger partial charge in [0.15, 0.2) is 0 Å². The summed E-state index contributed by atoms with van der Waals surface area (Å²) in [5.41, 5.74) is 3.98. The number of para-hydroxylation sites is 1. The van der Waals surface area contributed by atoms with Crippen molar-refractivity contribution < 1.29 is 5.11 Å². The molecular formula is C15H24N2O. The molecule has 1 saturated heterocycles. The standard InChI is InChI=1S/C15H24N2O/c1-11-5-4-6-12(2)15(11)17-8-7-13(3)16-14(9-17)10-18/h4-6,13-14,16,18H,7-10H2,1-3H3. The monoisotopic (exact) mass is 248 g/mol. The van der Waals surface area contributed by atoms with E-state index in [0.29, 0.717) is 6.04 Å². The zero-order valence-corrected chi connectivity index (χ0v) is 11.6. The molecule has 0 radical (unpaired) electrons. The Morgan fingerprint density at radius 1 is 1.33 bits per heavy atom. The minimum Gasteiger partial charge on any atom is -0.395 e. The Labute approximate surface area is 110 Å². The van der Waals surface area contributed by atoms with Crippen molar-refractivity contribution in [2.24, 2.45) is 0 Å². The van der Waals surface area contributed by atoms with Crippen LogP contribution in [0.1, 0.15) is 24.5 Å². The molecule has 1 aromatic carbocycles. The molecule has 0 spiro atoms. The number of benzene rings is 1. The van der Waals surface area contributed by atoms with Gasteiger partial charge in [-0.15, -0.1) is 0 Å². The summed E-state index contributed by atoms with van der Waals surface area (Å²) in [5, 5.41) is 12.9. The summed E-state index contributed by atoms with van der Waals surface area (Å²) in [6, 6.07) is 7.07. The van der Waals surface area contributed by atoms with E-state index in [9.17, 15) is 5.11 Å². The van der Waals surface area contributed by atoms with Crippen molar-refractivity contribution in [2.75, 3.05) is 24.6 Å². The lowest BCUT2D eigenvalue weighted by molar-refractivity contribution is 0.240. The lowest BCUT2D eigenvalue weighted by atomic mass is 10.1. The van der Waals surface area contributed by atoms with Crippen molar-refractivity contribution in [1.82, 2.24) is 5.32 Å². The molecule has 0 aromatic heterocycles. The van der Waals surface area contributed by atoms with Crippen LogP contribution in [0.2, 0.25) is 0 Å². The number of aryl methyl sites for hydroxylation is 2. The van der Waals surface area contributed by atoms with Gasteiger partial charge >= 0.3 is 0 Å². The molecule has 3 nitrogen and oxygen atoms in total. The highest BCUT2D eigenvalue weighted by molar-refractivity contribution is 5.59. The zero-order chi connectivity index (χ0) is 13.1. The minimum absolute atomic E-state index is 0.168. The molecule has 1 aliphatic rings. The van der Waals surface area contributed by atoms with E-state index in [-0.39, 0.29) is 12.6 Å². The van der Waals surface area contributed by atoms with Crippen LogP contribution in [-0.2, 0) is 0 Å². The summed E-state index contributed by atoms with van der Waals surface area (Å²) in [5.74, 6) is 0. The average molecular weight is 248 g/mol. The molecule has 1 aromatic rings. The van der Waals surface area contributed by atoms with Gasteiger partial charge in [0.05, 0.1) is 6.61 Å². The van der Waals surface area contributed by atoms with E-state index in [0.717, 1.165) is 19.5 Å². The average Bonchev–Trinajstić information content (AvgIpc) is 2.51. The van der Waals surface area contributed by atoms with Crippen molar-refractivity contribution in [3.63, 3.8) is 0 Å². The fraction of sp³-hybridized carbons (Fsp3) is 0.600. The van der Waals surface area contributed by atoms with E-state index < -0.39 is 0 Å². The fourth-order valence-electron chi connectivity index (χ4n) is 2.86. The molecule has 18 heavy (non-hydrogen) atoms. The van der Waals surface area contributed by atoms with E-state index in [1.165, 1.54) is 16.8 Å². The molecule has 1 heterocycles. The van der Waals surface area contributed by atoms with Gasteiger partial charge in [0, 0.05) is 30.9 Å². The van der Waals surface area contributed by atoms with Crippen molar-refractivity contribution in [1.29, 1.82) is 0 Å². The van der Waals surface area contributed by atoms with Crippen molar-refractivity contribution in [3.8, 4) is 0 Å². The number of nitrogens with zero attached hydrogens (tertiary/aromatic N) is 1. The molecule has 2 atom stereocenters. The Hall–Kier alpha value is -1.06. The van der Waals surface area contributed by atoms with E-state index >= 15 is 0 Å². The quantitative estimate of drug-likeness (QED) is 0.838. The van der Waals surface area contributed by atoms with Gasteiger partial charge in [-0.1, -0.05) is 18.2 Å². The van der Waals surface area contributed by atoms with E-state index in [1.807, 2.05) is 0 Å². The Kier molecular flexibility index (Phi) is 4.25. The van der Waals surface area contributed by atoms with Gasteiger partial charge in [-0.05, 0) is 38.3 Å². The molecule has 1 aliphatic heterocycles. The maximum Gasteiger partial charge on any atom is 0.0602 e. The second-order valence-corrected chi connectivity index (χ2v) is 5.42. The highest BCUT2D eigenvalue weighted by Gasteiger charge is 2.22. The first-order chi connectivity index (χ1) is 8.61. The van der Waals surface area contributed by atoms with Gasteiger partial charge in [-0.3, -0.25) is 0 Å². The van der Waals surface area contributed by atoms with Gasteiger partial charge in [0.2, 0.25) is 0 Å². The number of hydrogen-bond acceptors (Lipinski definition) is 3. The zero-order valence-electron chi connectivity index (χ0n) is 11.6. The maximum absolute atomic E-state index is 9.45. The van der Waals surface area contributed by atoms with E-state index in [1.54, 1.807) is 0 Å². The molecule has 2 rings (SSSR count). The van der Waals surface area contributed by atoms with Crippen LogP contribution in [0.5, 0.6) is 0 Å². The summed E-state index contributed by atoms with van der Waals surface area (Å²) in [6.45, 7) is 8.65. The van der Waals surface area contributed by atoms with Gasteiger partial charge < -0.3 is 15.3 Å². The highest BCUT2D eigenvalue weighted by Crippen LogP contribution is 2.26. The number of hydrogen-bond donors (Lipinski definition) is 2. The Bertz CT molecular complexity index is 385. The first-order valence-electron chi connectivity index (χ1n) is 6.80. The number of aliphatic hydroxyl groups is 1. The van der Waals surface area contributed by atoms with Crippen molar-refractivity contribution in [2.45, 2.75) is 39.3 Å². The van der Waals surface area contributed by atoms with Crippen LogP contribution in [0.4, 0.5) is 5.69 Å². The first kappa shape index (κ1) is 13.4. The van der Waals surface area contributed by atoms with Gasteiger partial charge in [-0.25, -0.2) is 0 Å². The lowest BCUT2D eigenvalue weighted by Crippen LogP contribution is -2.42. The Balaban J connectivity index is 2.26. The smallest absolute Gasteiger partial charge is 0.0602 e. The third-order valence-electron chi connectivity index (χ3n) is 3.77. The van der Waals surface area contributed by atoms with Gasteiger partial charge in [-0.2, -0.15) is 0 Å². The topological polar surface area (TPSA) is 35.5 Å². The predicted octanol–water partition coefficient (Wildman–Crippen LogP) is 1.85. The van der Waals surface area contributed by atoms with Crippen LogP contribution in [0.3, 0.4) is 0 Å². The summed E-state index contributed by atoms with van der Waals surface area (Å²) >= 11 is 0.